The molecule has 3 fully saturated rings. The second-order valence-corrected chi connectivity index (χ2v) is 16.1. The SMILES string of the molecule is C=C[C@@H]1C[C@]1(NC(=O)[C@@H]1C[C@@H](Oc2cc(-c3nc4c(s3)CCC4)nc3cc(OC)ccc23)CN1C(=O)[C@@H](NC(=O)OC1CCCC1)C(C)C)C(=O)OCC. The van der Waals surface area contributed by atoms with E-state index in [4.69, 9.17) is 28.9 Å². The maximum Gasteiger partial charge on any atom is 0.408 e. The summed E-state index contributed by atoms with van der Waals surface area (Å²) < 4.78 is 23.3. The van der Waals surface area contributed by atoms with Crippen LogP contribution >= 0.6 is 11.3 Å². The number of fused-ring (bicyclic) bond motifs is 2. The van der Waals surface area contributed by atoms with Crippen LogP contribution in [0.1, 0.15) is 76.3 Å². The van der Waals surface area contributed by atoms with Crippen molar-refractivity contribution in [2.45, 2.75) is 108 Å². The van der Waals surface area contributed by atoms with Crippen molar-refractivity contribution in [3.05, 3.63) is 47.5 Å². The van der Waals surface area contributed by atoms with Crippen LogP contribution in [0.15, 0.2) is 36.9 Å². The van der Waals surface area contributed by atoms with E-state index in [0.29, 0.717) is 29.1 Å². The molecule has 4 aliphatic rings. The number of likely N-dealkylation sites (tertiary alicyclic amines) is 1. The molecule has 1 aromatic carbocycles. The van der Waals surface area contributed by atoms with Gasteiger partial charge in [0.2, 0.25) is 11.8 Å². The molecule has 3 amide bonds. The summed E-state index contributed by atoms with van der Waals surface area (Å²) >= 11 is 1.64. The number of alkyl carbamates (subject to hydrolysis) is 1. The van der Waals surface area contributed by atoms with Crippen molar-refractivity contribution in [2.24, 2.45) is 11.8 Å². The lowest BCUT2D eigenvalue weighted by Gasteiger charge is -2.31. The number of benzene rings is 1. The van der Waals surface area contributed by atoms with Crippen molar-refractivity contribution in [3.63, 3.8) is 0 Å². The fourth-order valence-corrected chi connectivity index (χ4v) is 9.05. The monoisotopic (exact) mass is 759 g/mol. The summed E-state index contributed by atoms with van der Waals surface area (Å²) in [4.78, 5) is 67.5. The van der Waals surface area contributed by atoms with Crippen LogP contribution < -0.4 is 20.1 Å². The molecule has 2 aromatic heterocycles. The standard InChI is InChI=1S/C40H49N5O8S/c1-6-23-20-40(23,38(48)51-7-2)44-35(46)31-18-26(21-45(31)37(47)34(22(3)4)43-39(49)53-24-11-8-9-12-24)52-32-19-30(36-42-28-13-10-14-33(28)54-36)41-29-17-25(50-5)15-16-27(29)32/h6,15-17,19,22-24,26,31,34H,1,7-14,18,20-21H2,2-5H3,(H,43,49)(H,44,46)/t23-,26-,31+,34+,40-/m1/s1. The zero-order valence-corrected chi connectivity index (χ0v) is 32.2. The molecular formula is C40H49N5O8S. The van der Waals surface area contributed by atoms with Gasteiger partial charge in [-0.25, -0.2) is 19.6 Å². The van der Waals surface area contributed by atoms with E-state index in [2.05, 4.69) is 17.2 Å². The van der Waals surface area contributed by atoms with E-state index in [1.54, 1.807) is 31.4 Å². The molecule has 54 heavy (non-hydrogen) atoms. The summed E-state index contributed by atoms with van der Waals surface area (Å²) in [6.07, 6.45) is 7.25. The van der Waals surface area contributed by atoms with Gasteiger partial charge in [-0.05, 0) is 76.3 Å². The number of nitrogens with one attached hydrogen (secondary N) is 2. The lowest BCUT2D eigenvalue weighted by Crippen LogP contribution is -2.57. The van der Waals surface area contributed by atoms with E-state index in [1.807, 2.05) is 38.1 Å². The first-order valence-electron chi connectivity index (χ1n) is 19.1. The molecular weight excluding hydrogens is 711 g/mol. The number of hydrogen-bond donors (Lipinski definition) is 2. The number of aromatic nitrogens is 2. The summed E-state index contributed by atoms with van der Waals surface area (Å²) in [5, 5.41) is 7.27. The number of ether oxygens (including phenoxy) is 4. The maximum atomic E-state index is 14.5. The Morgan fingerprint density at radius 3 is 2.57 bits per heavy atom. The lowest BCUT2D eigenvalue weighted by molar-refractivity contribution is -0.150. The number of amides is 3. The lowest BCUT2D eigenvalue weighted by atomic mass is 10.0. The smallest absolute Gasteiger partial charge is 0.408 e. The zero-order chi connectivity index (χ0) is 38.1. The van der Waals surface area contributed by atoms with E-state index < -0.39 is 47.6 Å². The van der Waals surface area contributed by atoms with Gasteiger partial charge in [0.05, 0.1) is 31.5 Å². The third-order valence-corrected chi connectivity index (χ3v) is 12.2. The Morgan fingerprint density at radius 1 is 1.09 bits per heavy atom. The predicted molar refractivity (Wildman–Crippen MR) is 202 cm³/mol. The van der Waals surface area contributed by atoms with Gasteiger partial charge in [-0.2, -0.15) is 0 Å². The summed E-state index contributed by atoms with van der Waals surface area (Å²) in [6.45, 7) is 9.42. The van der Waals surface area contributed by atoms with Crippen LogP contribution in [0.25, 0.3) is 21.6 Å². The third-order valence-electron chi connectivity index (χ3n) is 11.0. The van der Waals surface area contributed by atoms with Crippen LogP contribution in [-0.4, -0.2) is 88.8 Å². The van der Waals surface area contributed by atoms with Gasteiger partial charge >= 0.3 is 12.1 Å². The van der Waals surface area contributed by atoms with Gasteiger partial charge in [0.15, 0.2) is 0 Å². The van der Waals surface area contributed by atoms with Crippen LogP contribution in [0.3, 0.4) is 0 Å². The van der Waals surface area contributed by atoms with Crippen molar-refractivity contribution in [3.8, 4) is 22.2 Å². The van der Waals surface area contributed by atoms with Gasteiger partial charge in [-0.15, -0.1) is 17.9 Å². The van der Waals surface area contributed by atoms with E-state index in [9.17, 15) is 19.2 Å². The van der Waals surface area contributed by atoms with Crippen LogP contribution in [0, 0.1) is 11.8 Å². The van der Waals surface area contributed by atoms with Gasteiger partial charge in [0.25, 0.3) is 0 Å². The van der Waals surface area contributed by atoms with Gasteiger partial charge < -0.3 is 34.5 Å². The maximum absolute atomic E-state index is 14.5. The molecule has 13 nitrogen and oxygen atoms in total. The van der Waals surface area contributed by atoms with E-state index in [0.717, 1.165) is 61.0 Å². The van der Waals surface area contributed by atoms with Crippen molar-refractivity contribution in [1.29, 1.82) is 0 Å². The topological polar surface area (TPSA) is 158 Å². The molecule has 0 radical (unpaired) electrons. The number of hydrogen-bond acceptors (Lipinski definition) is 11. The molecule has 7 rings (SSSR count). The third kappa shape index (κ3) is 7.49. The Kier molecular flexibility index (Phi) is 10.8. The van der Waals surface area contributed by atoms with E-state index in [1.165, 1.54) is 9.78 Å². The molecule has 0 spiro atoms. The minimum atomic E-state index is -1.26. The van der Waals surface area contributed by atoms with Crippen LogP contribution in [0.4, 0.5) is 4.79 Å². The van der Waals surface area contributed by atoms with Gasteiger partial charge in [0, 0.05) is 34.7 Å². The highest BCUT2D eigenvalue weighted by atomic mass is 32.1. The molecule has 5 atom stereocenters. The average molecular weight is 760 g/mol. The molecule has 3 aromatic rings. The predicted octanol–water partition coefficient (Wildman–Crippen LogP) is 5.52. The average Bonchev–Trinajstić information content (AvgIpc) is 3.71. The Labute approximate surface area is 319 Å². The minimum Gasteiger partial charge on any atom is -0.497 e. The number of methoxy groups -OCH3 is 1. The van der Waals surface area contributed by atoms with Crippen molar-refractivity contribution in [1.82, 2.24) is 25.5 Å². The minimum absolute atomic E-state index is 0.0532. The first kappa shape index (κ1) is 37.6. The highest BCUT2D eigenvalue weighted by Gasteiger charge is 2.62. The summed E-state index contributed by atoms with van der Waals surface area (Å²) in [6, 6.07) is 5.44. The second kappa shape index (κ2) is 15.6. The molecule has 3 heterocycles. The first-order chi connectivity index (χ1) is 26.0. The fraction of sp³-hybridized carbons (Fsp3) is 0.550. The molecule has 0 unspecified atom stereocenters. The van der Waals surface area contributed by atoms with Crippen LogP contribution in [0.5, 0.6) is 11.5 Å². The number of carbonyl (C=O) groups is 4. The van der Waals surface area contributed by atoms with E-state index in [-0.39, 0.29) is 37.5 Å². The molecule has 1 aliphatic heterocycles. The van der Waals surface area contributed by atoms with Crippen molar-refractivity contribution in [2.75, 3.05) is 20.3 Å². The van der Waals surface area contributed by atoms with Gasteiger partial charge in [0.1, 0.15) is 52.0 Å². The summed E-state index contributed by atoms with van der Waals surface area (Å²) in [5.74, 6) is -0.947. The quantitative estimate of drug-likeness (QED) is 0.168. The molecule has 1 saturated heterocycles. The van der Waals surface area contributed by atoms with Crippen molar-refractivity contribution >= 4 is 46.1 Å². The summed E-state index contributed by atoms with van der Waals surface area (Å²) in [5.41, 5.74) is 1.17. The second-order valence-electron chi connectivity index (χ2n) is 15.0. The molecule has 0 bridgehead atoms. The first-order valence-corrected chi connectivity index (χ1v) is 19.9. The highest BCUT2D eigenvalue weighted by Crippen LogP contribution is 2.46. The van der Waals surface area contributed by atoms with Gasteiger partial charge in [-0.1, -0.05) is 19.9 Å². The molecule has 3 aliphatic carbocycles. The van der Waals surface area contributed by atoms with Crippen molar-refractivity contribution < 1.29 is 38.1 Å². The molecule has 288 valence electrons. The summed E-state index contributed by atoms with van der Waals surface area (Å²) in [7, 11) is 1.60. The van der Waals surface area contributed by atoms with Crippen LogP contribution in [0.2, 0.25) is 0 Å². The number of aryl methyl sites for hydroxylation is 2. The molecule has 2 saturated carbocycles. The number of thiazole rings is 1. The van der Waals surface area contributed by atoms with Crippen LogP contribution in [-0.2, 0) is 36.7 Å². The molecule has 2 N–H and O–H groups in total. The number of rotatable bonds is 13. The normalized spacial score (nSPS) is 23.9. The number of esters is 1. The highest BCUT2D eigenvalue weighted by molar-refractivity contribution is 7.15. The Hall–Kier alpha value is -4.72. The molecule has 14 heteroatoms. The van der Waals surface area contributed by atoms with E-state index >= 15 is 0 Å². The number of carbonyl (C=O) groups excluding carboxylic acids is 4. The number of nitrogens with zero attached hydrogens (tertiary/aromatic N) is 3. The zero-order valence-electron chi connectivity index (χ0n) is 31.4. The Morgan fingerprint density at radius 2 is 1.89 bits per heavy atom. The Bertz CT molecular complexity index is 1920. The van der Waals surface area contributed by atoms with Gasteiger partial charge in [-0.3, -0.25) is 9.59 Å². The largest absolute Gasteiger partial charge is 0.497 e. The Balaban J connectivity index is 1.19. The number of pyridine rings is 1. The fourth-order valence-electron chi connectivity index (χ4n) is 7.94.